The van der Waals surface area contributed by atoms with Crippen molar-refractivity contribution in [1.29, 1.82) is 0 Å². The lowest BCUT2D eigenvalue weighted by Gasteiger charge is -2.21. The fourth-order valence-corrected chi connectivity index (χ4v) is 3.24. The van der Waals surface area contributed by atoms with E-state index in [0.717, 1.165) is 30.8 Å². The van der Waals surface area contributed by atoms with Crippen LogP contribution in [-0.4, -0.2) is 29.2 Å². The molecule has 1 aliphatic rings. The standard InChI is InChI=1S/C19H19N3O/c1-14-4-2-6-17-18(7-10-21-19(14)17)22-11-8-16(13-22)23-15-5-3-9-20-12-15/h2-7,9-10,12,16H,8,11,13H2,1H3. The monoisotopic (exact) mass is 305 g/mol. The molecular weight excluding hydrogens is 286 g/mol. The first-order valence-corrected chi connectivity index (χ1v) is 7.97. The topological polar surface area (TPSA) is 38.2 Å². The van der Waals surface area contributed by atoms with Crippen LogP contribution in [0, 0.1) is 6.92 Å². The van der Waals surface area contributed by atoms with E-state index in [1.54, 1.807) is 12.4 Å². The van der Waals surface area contributed by atoms with Crippen molar-refractivity contribution < 1.29 is 4.74 Å². The van der Waals surface area contributed by atoms with E-state index in [1.165, 1.54) is 16.6 Å². The molecule has 1 saturated heterocycles. The number of rotatable bonds is 3. The summed E-state index contributed by atoms with van der Waals surface area (Å²) in [7, 11) is 0. The molecule has 2 aromatic heterocycles. The Hall–Kier alpha value is -2.62. The Morgan fingerprint density at radius 3 is 2.96 bits per heavy atom. The van der Waals surface area contributed by atoms with Crippen molar-refractivity contribution in [2.75, 3.05) is 18.0 Å². The molecule has 1 atom stereocenters. The van der Waals surface area contributed by atoms with Crippen LogP contribution in [0.15, 0.2) is 55.0 Å². The van der Waals surface area contributed by atoms with Gasteiger partial charge in [-0.15, -0.1) is 0 Å². The molecule has 1 aromatic carbocycles. The quantitative estimate of drug-likeness (QED) is 0.741. The number of hydrogen-bond acceptors (Lipinski definition) is 4. The molecule has 3 aromatic rings. The normalized spacial score (nSPS) is 17.6. The summed E-state index contributed by atoms with van der Waals surface area (Å²) in [5.41, 5.74) is 3.55. The maximum absolute atomic E-state index is 6.04. The van der Waals surface area contributed by atoms with Gasteiger partial charge in [0.25, 0.3) is 0 Å². The van der Waals surface area contributed by atoms with Gasteiger partial charge in [-0.05, 0) is 30.7 Å². The second kappa shape index (κ2) is 5.88. The molecule has 23 heavy (non-hydrogen) atoms. The van der Waals surface area contributed by atoms with E-state index in [2.05, 4.69) is 46.1 Å². The number of ether oxygens (including phenoxy) is 1. The third-order valence-electron chi connectivity index (χ3n) is 4.37. The lowest BCUT2D eigenvalue weighted by atomic mass is 10.1. The zero-order valence-electron chi connectivity index (χ0n) is 13.1. The average Bonchev–Trinajstić information content (AvgIpc) is 3.04. The lowest BCUT2D eigenvalue weighted by molar-refractivity contribution is 0.224. The van der Waals surface area contributed by atoms with Gasteiger partial charge in [0, 0.05) is 36.4 Å². The van der Waals surface area contributed by atoms with Gasteiger partial charge in [0.05, 0.1) is 18.3 Å². The number of anilines is 1. The van der Waals surface area contributed by atoms with Crippen molar-refractivity contribution in [1.82, 2.24) is 9.97 Å². The first-order valence-electron chi connectivity index (χ1n) is 7.97. The molecule has 1 unspecified atom stereocenters. The molecule has 116 valence electrons. The van der Waals surface area contributed by atoms with Crippen LogP contribution in [0.1, 0.15) is 12.0 Å². The Morgan fingerprint density at radius 1 is 1.13 bits per heavy atom. The van der Waals surface area contributed by atoms with Crippen LogP contribution >= 0.6 is 0 Å². The molecule has 0 bridgehead atoms. The number of pyridine rings is 2. The third kappa shape index (κ3) is 2.72. The zero-order chi connectivity index (χ0) is 15.6. The first-order chi connectivity index (χ1) is 11.3. The highest BCUT2D eigenvalue weighted by Crippen LogP contribution is 2.30. The smallest absolute Gasteiger partial charge is 0.138 e. The molecule has 4 heteroatoms. The molecule has 0 radical (unpaired) electrons. The summed E-state index contributed by atoms with van der Waals surface area (Å²) < 4.78 is 6.04. The van der Waals surface area contributed by atoms with E-state index in [0.29, 0.717) is 0 Å². The van der Waals surface area contributed by atoms with Crippen LogP contribution in [0.4, 0.5) is 5.69 Å². The summed E-state index contributed by atoms with van der Waals surface area (Å²) in [4.78, 5) is 11.0. The molecule has 0 spiro atoms. The molecule has 0 N–H and O–H groups in total. The van der Waals surface area contributed by atoms with Gasteiger partial charge in [-0.2, -0.15) is 0 Å². The summed E-state index contributed by atoms with van der Waals surface area (Å²) in [5.74, 6) is 0.842. The number of benzene rings is 1. The van der Waals surface area contributed by atoms with Crippen molar-refractivity contribution >= 4 is 16.6 Å². The molecule has 3 heterocycles. The maximum atomic E-state index is 6.04. The molecule has 1 aliphatic heterocycles. The number of fused-ring (bicyclic) bond motifs is 1. The highest BCUT2D eigenvalue weighted by Gasteiger charge is 2.25. The Bertz CT molecular complexity index is 819. The molecule has 4 nitrogen and oxygen atoms in total. The summed E-state index contributed by atoms with van der Waals surface area (Å²) in [6.07, 6.45) is 6.66. The minimum Gasteiger partial charge on any atom is -0.487 e. The largest absolute Gasteiger partial charge is 0.487 e. The second-order valence-corrected chi connectivity index (χ2v) is 5.96. The Morgan fingerprint density at radius 2 is 2.09 bits per heavy atom. The number of nitrogens with zero attached hydrogens (tertiary/aromatic N) is 3. The van der Waals surface area contributed by atoms with Crippen LogP contribution in [-0.2, 0) is 0 Å². The van der Waals surface area contributed by atoms with E-state index in [4.69, 9.17) is 4.74 Å². The second-order valence-electron chi connectivity index (χ2n) is 5.96. The van der Waals surface area contributed by atoms with E-state index in [1.807, 2.05) is 18.3 Å². The van der Waals surface area contributed by atoms with Crippen molar-refractivity contribution in [3.8, 4) is 5.75 Å². The number of aromatic nitrogens is 2. The number of para-hydroxylation sites is 1. The molecule has 1 fully saturated rings. The van der Waals surface area contributed by atoms with Gasteiger partial charge in [-0.25, -0.2) is 0 Å². The SMILES string of the molecule is Cc1cccc2c(N3CCC(Oc4cccnc4)C3)ccnc12. The maximum Gasteiger partial charge on any atom is 0.138 e. The van der Waals surface area contributed by atoms with Crippen LogP contribution in [0.3, 0.4) is 0 Å². The van der Waals surface area contributed by atoms with E-state index in [-0.39, 0.29) is 6.10 Å². The molecule has 0 amide bonds. The van der Waals surface area contributed by atoms with Gasteiger partial charge in [-0.3, -0.25) is 9.97 Å². The van der Waals surface area contributed by atoms with Gasteiger partial charge >= 0.3 is 0 Å². The van der Waals surface area contributed by atoms with Crippen LogP contribution in [0.25, 0.3) is 10.9 Å². The Kier molecular flexibility index (Phi) is 3.58. The number of hydrogen-bond donors (Lipinski definition) is 0. The minimum absolute atomic E-state index is 0.201. The average molecular weight is 305 g/mol. The van der Waals surface area contributed by atoms with Gasteiger partial charge in [-0.1, -0.05) is 18.2 Å². The lowest BCUT2D eigenvalue weighted by Crippen LogP contribution is -2.24. The van der Waals surface area contributed by atoms with Gasteiger partial charge in [0.1, 0.15) is 11.9 Å². The highest BCUT2D eigenvalue weighted by molar-refractivity contribution is 5.93. The zero-order valence-corrected chi connectivity index (χ0v) is 13.1. The van der Waals surface area contributed by atoms with Crippen molar-refractivity contribution in [2.24, 2.45) is 0 Å². The predicted octanol–water partition coefficient (Wildman–Crippen LogP) is 3.60. The van der Waals surface area contributed by atoms with Crippen LogP contribution in [0.2, 0.25) is 0 Å². The van der Waals surface area contributed by atoms with E-state index >= 15 is 0 Å². The van der Waals surface area contributed by atoms with Crippen LogP contribution < -0.4 is 9.64 Å². The van der Waals surface area contributed by atoms with Crippen molar-refractivity contribution in [2.45, 2.75) is 19.4 Å². The van der Waals surface area contributed by atoms with Gasteiger partial charge < -0.3 is 9.64 Å². The Labute approximate surface area is 135 Å². The molecule has 4 rings (SSSR count). The summed E-state index contributed by atoms with van der Waals surface area (Å²) >= 11 is 0. The van der Waals surface area contributed by atoms with E-state index in [9.17, 15) is 0 Å². The molecular formula is C19H19N3O. The van der Waals surface area contributed by atoms with Gasteiger partial charge in [0.15, 0.2) is 0 Å². The third-order valence-corrected chi connectivity index (χ3v) is 4.37. The summed E-state index contributed by atoms with van der Waals surface area (Å²) in [6.45, 7) is 4.00. The fraction of sp³-hybridized carbons (Fsp3) is 0.263. The van der Waals surface area contributed by atoms with E-state index < -0.39 is 0 Å². The van der Waals surface area contributed by atoms with Gasteiger partial charge in [0.2, 0.25) is 0 Å². The Balaban J connectivity index is 1.57. The van der Waals surface area contributed by atoms with Crippen LogP contribution in [0.5, 0.6) is 5.75 Å². The molecule has 0 aliphatic carbocycles. The highest BCUT2D eigenvalue weighted by atomic mass is 16.5. The fourth-order valence-electron chi connectivity index (χ4n) is 3.24. The first kappa shape index (κ1) is 14.0. The number of aryl methyl sites for hydroxylation is 1. The minimum atomic E-state index is 0.201. The van der Waals surface area contributed by atoms with Crippen molar-refractivity contribution in [3.63, 3.8) is 0 Å². The predicted molar refractivity (Wildman–Crippen MR) is 92.0 cm³/mol. The summed E-state index contributed by atoms with van der Waals surface area (Å²) in [5, 5.41) is 1.22. The summed E-state index contributed by atoms with van der Waals surface area (Å²) in [6, 6.07) is 12.3. The van der Waals surface area contributed by atoms with Crippen molar-refractivity contribution in [3.05, 3.63) is 60.6 Å². The molecule has 0 saturated carbocycles.